The number of aliphatic hydroxyl groups is 1. The van der Waals surface area contributed by atoms with Crippen molar-refractivity contribution in [1.82, 2.24) is 9.97 Å². The average molecular weight is 447 g/mol. The highest BCUT2D eigenvalue weighted by atomic mass is 35.5. The number of anilines is 2. The second-order valence-corrected chi connectivity index (χ2v) is 9.87. The molecule has 2 aliphatic heterocycles. The van der Waals surface area contributed by atoms with E-state index in [9.17, 15) is 4.79 Å². The van der Waals surface area contributed by atoms with E-state index in [1.807, 2.05) is 18.2 Å². The minimum absolute atomic E-state index is 0.0456. The molecule has 158 valence electrons. The highest BCUT2D eigenvalue weighted by Crippen LogP contribution is 2.54. The average Bonchev–Trinajstić information content (AvgIpc) is 3.59. The number of pyridine rings is 2. The zero-order valence-electron chi connectivity index (χ0n) is 16.7. The molecule has 8 heteroatoms. The van der Waals surface area contributed by atoms with Crippen molar-refractivity contribution in [2.75, 3.05) is 36.0 Å². The van der Waals surface area contributed by atoms with Gasteiger partial charge in [-0.2, -0.15) is 0 Å². The lowest BCUT2D eigenvalue weighted by molar-refractivity contribution is 0.112. The molecule has 2 aliphatic carbocycles. The van der Waals surface area contributed by atoms with Crippen molar-refractivity contribution >= 4 is 41.1 Å². The third-order valence-electron chi connectivity index (χ3n) is 6.74. The number of nitrogens with zero attached hydrogens (tertiary/aromatic N) is 4. The van der Waals surface area contributed by atoms with Gasteiger partial charge in [0.05, 0.1) is 12.2 Å². The Hall–Kier alpha value is -1.89. The van der Waals surface area contributed by atoms with Gasteiger partial charge in [0.1, 0.15) is 21.9 Å². The molecule has 4 aliphatic rings. The Bertz CT molecular complexity index is 975. The lowest BCUT2D eigenvalue weighted by atomic mass is 9.97. The third-order valence-corrected chi connectivity index (χ3v) is 7.37. The fourth-order valence-corrected chi connectivity index (χ4v) is 4.69. The SMILES string of the molecule is O=Cc1ccc(N2CC3(CC3)C2)nc1Cl.OCc1ccc(N2CC3(CC3)C2)nc1Cl. The summed E-state index contributed by atoms with van der Waals surface area (Å²) in [6.07, 6.45) is 6.17. The number of halogens is 2. The van der Waals surface area contributed by atoms with Crippen molar-refractivity contribution in [1.29, 1.82) is 0 Å². The van der Waals surface area contributed by atoms with Crippen LogP contribution in [0.2, 0.25) is 10.3 Å². The van der Waals surface area contributed by atoms with E-state index in [2.05, 4.69) is 19.8 Å². The number of hydrogen-bond acceptors (Lipinski definition) is 6. The zero-order valence-corrected chi connectivity index (χ0v) is 18.2. The van der Waals surface area contributed by atoms with Gasteiger partial charge < -0.3 is 14.9 Å². The monoisotopic (exact) mass is 446 g/mol. The molecule has 2 saturated carbocycles. The lowest BCUT2D eigenvalue weighted by Crippen LogP contribution is -2.48. The molecular weight excluding hydrogens is 423 g/mol. The third kappa shape index (κ3) is 3.77. The maximum atomic E-state index is 10.6. The molecule has 2 spiro atoms. The smallest absolute Gasteiger partial charge is 0.153 e. The highest BCUT2D eigenvalue weighted by molar-refractivity contribution is 6.31. The van der Waals surface area contributed by atoms with E-state index in [4.69, 9.17) is 28.3 Å². The lowest BCUT2D eigenvalue weighted by Gasteiger charge is -2.41. The van der Waals surface area contributed by atoms with Gasteiger partial charge in [0.15, 0.2) is 6.29 Å². The van der Waals surface area contributed by atoms with Crippen LogP contribution in [0, 0.1) is 10.8 Å². The van der Waals surface area contributed by atoms with E-state index in [0.29, 0.717) is 32.3 Å². The summed E-state index contributed by atoms with van der Waals surface area (Å²) < 4.78 is 0. The van der Waals surface area contributed by atoms with Gasteiger partial charge >= 0.3 is 0 Å². The van der Waals surface area contributed by atoms with Gasteiger partial charge in [-0.15, -0.1) is 0 Å². The molecule has 6 rings (SSSR count). The van der Waals surface area contributed by atoms with Crippen molar-refractivity contribution in [3.05, 3.63) is 45.7 Å². The maximum Gasteiger partial charge on any atom is 0.153 e. The minimum Gasteiger partial charge on any atom is -0.392 e. The Kier molecular flexibility index (Phi) is 4.92. The van der Waals surface area contributed by atoms with Crippen molar-refractivity contribution in [3.63, 3.8) is 0 Å². The first-order chi connectivity index (χ1) is 14.4. The summed E-state index contributed by atoms with van der Waals surface area (Å²) in [7, 11) is 0. The van der Waals surface area contributed by atoms with Crippen molar-refractivity contribution in [2.24, 2.45) is 10.8 Å². The van der Waals surface area contributed by atoms with Crippen LogP contribution in [0.3, 0.4) is 0 Å². The minimum atomic E-state index is -0.0456. The number of rotatable bonds is 4. The van der Waals surface area contributed by atoms with E-state index < -0.39 is 0 Å². The number of aliphatic hydroxyl groups excluding tert-OH is 1. The molecule has 4 heterocycles. The molecule has 0 amide bonds. The number of hydrogen-bond donors (Lipinski definition) is 1. The normalized spacial score (nSPS) is 21.4. The van der Waals surface area contributed by atoms with E-state index >= 15 is 0 Å². The molecule has 6 nitrogen and oxygen atoms in total. The van der Waals surface area contributed by atoms with Crippen LogP contribution in [-0.2, 0) is 6.61 Å². The summed E-state index contributed by atoms with van der Waals surface area (Å²) in [6, 6.07) is 7.38. The first kappa shape index (κ1) is 20.0. The largest absolute Gasteiger partial charge is 0.392 e. The van der Waals surface area contributed by atoms with Gasteiger partial charge in [0, 0.05) is 42.6 Å². The van der Waals surface area contributed by atoms with Crippen LogP contribution in [0.25, 0.3) is 0 Å². The number of aromatic nitrogens is 2. The summed E-state index contributed by atoms with van der Waals surface area (Å²) >= 11 is 11.8. The quantitative estimate of drug-likeness (QED) is 0.565. The fourth-order valence-electron chi connectivity index (χ4n) is 4.28. The zero-order chi connectivity index (χ0) is 20.9. The molecule has 30 heavy (non-hydrogen) atoms. The second-order valence-electron chi connectivity index (χ2n) is 9.16. The second kappa shape index (κ2) is 7.36. The predicted octanol–water partition coefficient (Wildman–Crippen LogP) is 3.98. The Balaban J connectivity index is 0.000000128. The van der Waals surface area contributed by atoms with Crippen LogP contribution in [-0.4, -0.2) is 47.5 Å². The molecule has 0 aromatic carbocycles. The van der Waals surface area contributed by atoms with Gasteiger partial charge in [-0.3, -0.25) is 4.79 Å². The summed E-state index contributed by atoms with van der Waals surface area (Å²) in [6.45, 7) is 4.38. The van der Waals surface area contributed by atoms with E-state index in [1.165, 1.54) is 25.7 Å². The standard InChI is InChI=1S/C11H13ClN2O.C11H11ClN2O/c2*12-10-8(5-15)1-2-9(13-10)14-6-11(7-14)3-4-11/h1-2,15H,3-7H2;1-2,5H,3-4,6-7H2. The van der Waals surface area contributed by atoms with Crippen LogP contribution >= 0.6 is 23.2 Å². The summed E-state index contributed by atoms with van der Waals surface area (Å²) in [5, 5.41) is 9.70. The van der Waals surface area contributed by atoms with E-state index in [0.717, 1.165) is 44.1 Å². The van der Waals surface area contributed by atoms with Gasteiger partial charge in [-0.25, -0.2) is 9.97 Å². The molecule has 0 unspecified atom stereocenters. The van der Waals surface area contributed by atoms with Crippen molar-refractivity contribution < 1.29 is 9.90 Å². The first-order valence-electron chi connectivity index (χ1n) is 10.3. The predicted molar refractivity (Wildman–Crippen MR) is 118 cm³/mol. The molecular formula is C22H24Cl2N4O2. The van der Waals surface area contributed by atoms with Gasteiger partial charge in [-0.05, 0) is 49.9 Å². The van der Waals surface area contributed by atoms with E-state index in [1.54, 1.807) is 6.07 Å². The van der Waals surface area contributed by atoms with Crippen LogP contribution in [0.4, 0.5) is 11.6 Å². The summed E-state index contributed by atoms with van der Waals surface area (Å²) in [5.41, 5.74) is 2.39. The van der Waals surface area contributed by atoms with Gasteiger partial charge in [0.25, 0.3) is 0 Å². The molecule has 2 aromatic rings. The van der Waals surface area contributed by atoms with Gasteiger partial charge in [0.2, 0.25) is 0 Å². The molecule has 4 fully saturated rings. The summed E-state index contributed by atoms with van der Waals surface area (Å²) in [4.78, 5) is 23.5. The number of carbonyl (C=O) groups is 1. The molecule has 1 N–H and O–H groups in total. The summed E-state index contributed by atoms with van der Waals surface area (Å²) in [5.74, 6) is 1.83. The fraction of sp³-hybridized carbons (Fsp3) is 0.500. The van der Waals surface area contributed by atoms with Crippen LogP contribution in [0.1, 0.15) is 41.6 Å². The molecule has 0 bridgehead atoms. The Morgan fingerprint density at radius 1 is 0.867 bits per heavy atom. The van der Waals surface area contributed by atoms with Crippen LogP contribution in [0.15, 0.2) is 24.3 Å². The Morgan fingerprint density at radius 2 is 1.37 bits per heavy atom. The molecule has 0 atom stereocenters. The topological polar surface area (TPSA) is 69.6 Å². The maximum absolute atomic E-state index is 10.6. The number of carbonyl (C=O) groups excluding carboxylic acids is 1. The number of aldehydes is 1. The molecule has 2 saturated heterocycles. The Labute approximate surface area is 185 Å². The molecule has 2 aromatic heterocycles. The van der Waals surface area contributed by atoms with Crippen LogP contribution < -0.4 is 9.80 Å². The first-order valence-corrected chi connectivity index (χ1v) is 11.1. The molecule has 0 radical (unpaired) electrons. The van der Waals surface area contributed by atoms with Crippen molar-refractivity contribution in [2.45, 2.75) is 32.3 Å². The van der Waals surface area contributed by atoms with Crippen molar-refractivity contribution in [3.8, 4) is 0 Å². The highest BCUT2D eigenvalue weighted by Gasteiger charge is 2.53. The van der Waals surface area contributed by atoms with Gasteiger partial charge in [-0.1, -0.05) is 23.2 Å². The van der Waals surface area contributed by atoms with Crippen LogP contribution in [0.5, 0.6) is 0 Å². The Morgan fingerprint density at radius 3 is 1.77 bits per heavy atom. The van der Waals surface area contributed by atoms with E-state index in [-0.39, 0.29) is 6.61 Å².